The van der Waals surface area contributed by atoms with Crippen LogP contribution in [0.4, 0.5) is 11.4 Å². The van der Waals surface area contributed by atoms with Gasteiger partial charge in [0.25, 0.3) is 5.91 Å². The molecule has 0 bridgehead atoms. The Balaban J connectivity index is 1.41. The number of benzene rings is 2. The summed E-state index contributed by atoms with van der Waals surface area (Å²) in [4.78, 5) is 22.7. The van der Waals surface area contributed by atoms with Gasteiger partial charge in [-0.2, -0.15) is 0 Å². The summed E-state index contributed by atoms with van der Waals surface area (Å²) in [6.45, 7) is 7.96. The second kappa shape index (κ2) is 9.91. The zero-order valence-corrected chi connectivity index (χ0v) is 20.3. The number of rotatable bonds is 5. The number of nitrogens with zero attached hydrogens (tertiary/aromatic N) is 4. The lowest BCUT2D eigenvalue weighted by Gasteiger charge is -2.28. The zero-order valence-electron chi connectivity index (χ0n) is 19.5. The van der Waals surface area contributed by atoms with Crippen LogP contribution in [0.3, 0.4) is 0 Å². The highest BCUT2D eigenvalue weighted by Crippen LogP contribution is 2.35. The van der Waals surface area contributed by atoms with Gasteiger partial charge in [0.15, 0.2) is 5.17 Å². The predicted molar refractivity (Wildman–Crippen MR) is 140 cm³/mol. The molecule has 2 saturated heterocycles. The lowest BCUT2D eigenvalue weighted by atomic mass is 10.2. The molecule has 2 fully saturated rings. The Kier molecular flexibility index (Phi) is 6.56. The first kappa shape index (κ1) is 22.5. The first-order chi connectivity index (χ1) is 16.6. The SMILES string of the molecule is CCN1C(=O)/C(=C/c2ccc(C)n2-c2ccccc2)SC1=Nc1ccc(N2CCOCC2)cc1. The lowest BCUT2D eigenvalue weighted by Crippen LogP contribution is -2.36. The Morgan fingerprint density at radius 1 is 0.971 bits per heavy atom. The van der Waals surface area contributed by atoms with Gasteiger partial charge in [0.2, 0.25) is 0 Å². The van der Waals surface area contributed by atoms with Crippen molar-refractivity contribution in [2.45, 2.75) is 13.8 Å². The third kappa shape index (κ3) is 4.54. The second-order valence-corrected chi connectivity index (χ2v) is 9.25. The van der Waals surface area contributed by atoms with E-state index in [9.17, 15) is 4.79 Å². The number of anilines is 1. The van der Waals surface area contributed by atoms with Crippen LogP contribution in [0, 0.1) is 6.92 Å². The van der Waals surface area contributed by atoms with E-state index in [1.165, 1.54) is 17.4 Å². The van der Waals surface area contributed by atoms with Crippen molar-refractivity contribution in [1.29, 1.82) is 0 Å². The molecule has 1 aromatic heterocycles. The van der Waals surface area contributed by atoms with Gasteiger partial charge < -0.3 is 14.2 Å². The van der Waals surface area contributed by atoms with E-state index < -0.39 is 0 Å². The van der Waals surface area contributed by atoms with Crippen LogP contribution in [0.1, 0.15) is 18.3 Å². The van der Waals surface area contributed by atoms with Gasteiger partial charge in [0, 0.05) is 42.4 Å². The normalized spacial score (nSPS) is 18.9. The number of thioether (sulfide) groups is 1. The van der Waals surface area contributed by atoms with Crippen molar-refractivity contribution in [2.75, 3.05) is 37.7 Å². The van der Waals surface area contributed by atoms with Gasteiger partial charge in [-0.3, -0.25) is 9.69 Å². The molecule has 2 aliphatic heterocycles. The molecular weight excluding hydrogens is 444 g/mol. The monoisotopic (exact) mass is 472 g/mol. The van der Waals surface area contributed by atoms with Crippen molar-refractivity contribution < 1.29 is 9.53 Å². The van der Waals surface area contributed by atoms with Gasteiger partial charge in [-0.25, -0.2) is 4.99 Å². The molecule has 3 heterocycles. The van der Waals surface area contributed by atoms with E-state index in [0.29, 0.717) is 16.6 Å². The summed E-state index contributed by atoms with van der Waals surface area (Å²) in [7, 11) is 0. The predicted octanol–water partition coefficient (Wildman–Crippen LogP) is 5.25. The van der Waals surface area contributed by atoms with Crippen molar-refractivity contribution in [3.05, 3.63) is 83.0 Å². The minimum absolute atomic E-state index is 0.00495. The Hall–Kier alpha value is -3.29. The highest BCUT2D eigenvalue weighted by Gasteiger charge is 2.32. The summed E-state index contributed by atoms with van der Waals surface area (Å²) < 4.78 is 7.61. The van der Waals surface area contributed by atoms with E-state index in [-0.39, 0.29) is 5.91 Å². The highest BCUT2D eigenvalue weighted by atomic mass is 32.2. The van der Waals surface area contributed by atoms with Gasteiger partial charge in [-0.1, -0.05) is 18.2 Å². The van der Waals surface area contributed by atoms with Gasteiger partial charge in [0.05, 0.1) is 23.8 Å². The summed E-state index contributed by atoms with van der Waals surface area (Å²) >= 11 is 1.43. The van der Waals surface area contributed by atoms with E-state index in [2.05, 4.69) is 52.8 Å². The molecule has 2 aromatic carbocycles. The molecule has 7 heteroatoms. The minimum Gasteiger partial charge on any atom is -0.378 e. The number of amides is 1. The molecule has 5 rings (SSSR count). The molecule has 1 amide bonds. The largest absolute Gasteiger partial charge is 0.378 e. The minimum atomic E-state index is -0.00495. The molecule has 0 aliphatic carbocycles. The number of aryl methyl sites for hydroxylation is 1. The number of hydrogen-bond acceptors (Lipinski definition) is 5. The molecule has 2 aliphatic rings. The van der Waals surface area contributed by atoms with Crippen LogP contribution in [-0.4, -0.2) is 53.4 Å². The molecular formula is C27H28N4O2S. The maximum absolute atomic E-state index is 13.2. The Bertz CT molecular complexity index is 1230. The molecule has 6 nitrogen and oxygen atoms in total. The van der Waals surface area contributed by atoms with Crippen LogP contribution in [0.25, 0.3) is 11.8 Å². The molecule has 174 valence electrons. The molecule has 0 atom stereocenters. The zero-order chi connectivity index (χ0) is 23.5. The number of amidine groups is 1. The second-order valence-electron chi connectivity index (χ2n) is 8.24. The Morgan fingerprint density at radius 2 is 1.71 bits per heavy atom. The molecule has 3 aromatic rings. The number of aromatic nitrogens is 1. The highest BCUT2D eigenvalue weighted by molar-refractivity contribution is 8.18. The molecule has 0 unspecified atom stereocenters. The topological polar surface area (TPSA) is 50.1 Å². The summed E-state index contributed by atoms with van der Waals surface area (Å²) in [5.74, 6) is -0.00495. The van der Waals surface area contributed by atoms with Gasteiger partial charge >= 0.3 is 0 Å². The summed E-state index contributed by atoms with van der Waals surface area (Å²) in [5, 5.41) is 0.715. The summed E-state index contributed by atoms with van der Waals surface area (Å²) in [5.41, 5.74) is 5.19. The fourth-order valence-corrected chi connectivity index (χ4v) is 5.32. The van der Waals surface area contributed by atoms with Gasteiger partial charge in [-0.15, -0.1) is 0 Å². The van der Waals surface area contributed by atoms with Crippen LogP contribution in [0.2, 0.25) is 0 Å². The Labute approximate surface area is 204 Å². The van der Waals surface area contributed by atoms with Crippen LogP contribution in [0.15, 0.2) is 76.6 Å². The van der Waals surface area contributed by atoms with E-state index in [0.717, 1.165) is 49.1 Å². The van der Waals surface area contributed by atoms with Crippen molar-refractivity contribution in [2.24, 2.45) is 4.99 Å². The smallest absolute Gasteiger partial charge is 0.266 e. The number of carbonyl (C=O) groups is 1. The lowest BCUT2D eigenvalue weighted by molar-refractivity contribution is -0.122. The summed E-state index contributed by atoms with van der Waals surface area (Å²) in [6.07, 6.45) is 1.97. The average molecular weight is 473 g/mol. The number of aliphatic imine (C=N–C) groups is 1. The van der Waals surface area contributed by atoms with Crippen LogP contribution >= 0.6 is 11.8 Å². The number of likely N-dealkylation sites (N-methyl/N-ethyl adjacent to an activating group) is 1. The molecule has 0 spiro atoms. The van der Waals surface area contributed by atoms with Crippen molar-refractivity contribution in [3.63, 3.8) is 0 Å². The van der Waals surface area contributed by atoms with E-state index in [1.54, 1.807) is 4.90 Å². The number of ether oxygens (including phenoxy) is 1. The van der Waals surface area contributed by atoms with Crippen LogP contribution < -0.4 is 4.90 Å². The first-order valence-corrected chi connectivity index (χ1v) is 12.4. The van der Waals surface area contributed by atoms with Crippen LogP contribution in [0.5, 0.6) is 0 Å². The molecule has 34 heavy (non-hydrogen) atoms. The first-order valence-electron chi connectivity index (χ1n) is 11.6. The van der Waals surface area contributed by atoms with Gasteiger partial charge in [-0.05, 0) is 80.2 Å². The standard InChI is InChI=1S/C27H28N4O2S/c1-3-30-26(32)25(19-24-12-9-20(2)31(24)23-7-5-4-6-8-23)34-27(30)28-21-10-13-22(14-11-21)29-15-17-33-18-16-29/h4-14,19H,3,15-18H2,1-2H3/b25-19-,28-27?. The fraction of sp³-hybridized carbons (Fsp3) is 0.259. The summed E-state index contributed by atoms with van der Waals surface area (Å²) in [6, 6.07) is 22.5. The van der Waals surface area contributed by atoms with Crippen molar-refractivity contribution >= 4 is 40.3 Å². The molecule has 0 radical (unpaired) electrons. The molecule has 0 N–H and O–H groups in total. The number of carbonyl (C=O) groups excluding carboxylic acids is 1. The van der Waals surface area contributed by atoms with Crippen molar-refractivity contribution in [1.82, 2.24) is 9.47 Å². The average Bonchev–Trinajstić information content (AvgIpc) is 3.39. The van der Waals surface area contributed by atoms with E-state index in [1.807, 2.05) is 43.3 Å². The number of hydrogen-bond donors (Lipinski definition) is 0. The van der Waals surface area contributed by atoms with E-state index in [4.69, 9.17) is 9.73 Å². The number of para-hydroxylation sites is 1. The number of morpholine rings is 1. The van der Waals surface area contributed by atoms with E-state index >= 15 is 0 Å². The van der Waals surface area contributed by atoms with Crippen LogP contribution in [-0.2, 0) is 9.53 Å². The fourth-order valence-electron chi connectivity index (χ4n) is 4.28. The third-order valence-electron chi connectivity index (χ3n) is 6.05. The maximum atomic E-state index is 13.2. The Morgan fingerprint density at radius 3 is 2.41 bits per heavy atom. The molecule has 0 saturated carbocycles. The quantitative estimate of drug-likeness (QED) is 0.476. The van der Waals surface area contributed by atoms with Crippen molar-refractivity contribution in [3.8, 4) is 5.69 Å². The third-order valence-corrected chi connectivity index (χ3v) is 7.06. The van der Waals surface area contributed by atoms with Gasteiger partial charge in [0.1, 0.15) is 0 Å². The maximum Gasteiger partial charge on any atom is 0.266 e.